The summed E-state index contributed by atoms with van der Waals surface area (Å²) in [5.74, 6) is 0. The SMILES string of the molecule is Cn1c(CNC2CC2(C)C)cc(=O)n(C)c1=O. The largest absolute Gasteiger partial charge is 0.330 e. The first kappa shape index (κ1) is 12.1. The number of hydrogen-bond donors (Lipinski definition) is 1. The highest BCUT2D eigenvalue weighted by atomic mass is 16.2. The Bertz CT molecular complexity index is 554. The number of hydrogen-bond acceptors (Lipinski definition) is 3. The van der Waals surface area contributed by atoms with Gasteiger partial charge in [-0.05, 0) is 11.8 Å². The van der Waals surface area contributed by atoms with Gasteiger partial charge in [-0.3, -0.25) is 13.9 Å². The van der Waals surface area contributed by atoms with E-state index >= 15 is 0 Å². The van der Waals surface area contributed by atoms with Gasteiger partial charge in [-0.2, -0.15) is 0 Å². The number of nitrogens with one attached hydrogen (secondary N) is 1. The van der Waals surface area contributed by atoms with Crippen LogP contribution in [-0.4, -0.2) is 15.2 Å². The van der Waals surface area contributed by atoms with E-state index in [-0.39, 0.29) is 11.2 Å². The van der Waals surface area contributed by atoms with Crippen LogP contribution in [0.25, 0.3) is 0 Å². The third kappa shape index (κ3) is 2.20. The molecule has 1 aromatic rings. The van der Waals surface area contributed by atoms with Gasteiger partial charge in [0.05, 0.1) is 0 Å². The van der Waals surface area contributed by atoms with E-state index < -0.39 is 0 Å². The molecule has 1 heterocycles. The first-order chi connectivity index (χ1) is 7.83. The maximum absolute atomic E-state index is 11.7. The van der Waals surface area contributed by atoms with Crippen molar-refractivity contribution in [3.8, 4) is 0 Å². The lowest BCUT2D eigenvalue weighted by Gasteiger charge is -2.11. The van der Waals surface area contributed by atoms with Gasteiger partial charge >= 0.3 is 5.69 Å². The summed E-state index contributed by atoms with van der Waals surface area (Å²) in [5, 5.41) is 3.37. The molecule has 0 amide bonds. The third-order valence-electron chi connectivity index (χ3n) is 3.67. The van der Waals surface area contributed by atoms with E-state index in [1.165, 1.54) is 17.7 Å². The van der Waals surface area contributed by atoms with E-state index in [0.717, 1.165) is 16.7 Å². The molecule has 0 aromatic carbocycles. The van der Waals surface area contributed by atoms with Crippen LogP contribution >= 0.6 is 0 Å². The number of aromatic nitrogens is 2. The van der Waals surface area contributed by atoms with Crippen molar-refractivity contribution in [2.24, 2.45) is 19.5 Å². The molecule has 1 aromatic heterocycles. The maximum Gasteiger partial charge on any atom is 0.330 e. The zero-order valence-corrected chi connectivity index (χ0v) is 10.8. The Labute approximate surface area is 100 Å². The first-order valence-corrected chi connectivity index (χ1v) is 5.82. The second-order valence-electron chi connectivity index (χ2n) is 5.50. The lowest BCUT2D eigenvalue weighted by Crippen LogP contribution is -2.39. The van der Waals surface area contributed by atoms with Crippen LogP contribution in [0.3, 0.4) is 0 Å². The summed E-state index contributed by atoms with van der Waals surface area (Å²) in [6.07, 6.45) is 1.14. The van der Waals surface area contributed by atoms with E-state index in [0.29, 0.717) is 18.0 Å². The maximum atomic E-state index is 11.7. The van der Waals surface area contributed by atoms with Crippen LogP contribution in [0.2, 0.25) is 0 Å². The molecule has 2 rings (SSSR count). The minimum atomic E-state index is -0.274. The van der Waals surface area contributed by atoms with Crippen LogP contribution in [0.5, 0.6) is 0 Å². The summed E-state index contributed by atoms with van der Waals surface area (Å²) in [4.78, 5) is 23.2. The highest BCUT2D eigenvalue weighted by molar-refractivity contribution is 5.06. The van der Waals surface area contributed by atoms with Gasteiger partial charge in [0, 0.05) is 38.4 Å². The summed E-state index contributed by atoms with van der Waals surface area (Å²) in [7, 11) is 3.18. The molecule has 1 N–H and O–H groups in total. The van der Waals surface area contributed by atoms with Crippen LogP contribution in [0.4, 0.5) is 0 Å². The minimum Gasteiger partial charge on any atom is -0.308 e. The van der Waals surface area contributed by atoms with Crippen molar-refractivity contribution in [3.05, 3.63) is 32.6 Å². The summed E-state index contributed by atoms with van der Waals surface area (Å²) in [5.41, 5.74) is 0.559. The molecule has 1 fully saturated rings. The molecule has 0 aliphatic heterocycles. The predicted octanol–water partition coefficient (Wildman–Crippen LogP) is -0.0279. The van der Waals surface area contributed by atoms with Gasteiger partial charge in [0.2, 0.25) is 0 Å². The molecular weight excluding hydrogens is 218 g/mol. The molecular formula is C12H19N3O2. The molecule has 17 heavy (non-hydrogen) atoms. The van der Waals surface area contributed by atoms with Crippen molar-refractivity contribution in [1.82, 2.24) is 14.5 Å². The van der Waals surface area contributed by atoms with Crippen LogP contribution < -0.4 is 16.6 Å². The molecule has 0 radical (unpaired) electrons. The monoisotopic (exact) mass is 237 g/mol. The fourth-order valence-corrected chi connectivity index (χ4v) is 1.99. The zero-order chi connectivity index (χ0) is 12.8. The van der Waals surface area contributed by atoms with Crippen LogP contribution in [0.1, 0.15) is 26.0 Å². The molecule has 1 aliphatic carbocycles. The van der Waals surface area contributed by atoms with E-state index in [1.807, 2.05) is 0 Å². The summed E-state index contributed by atoms with van der Waals surface area (Å²) in [6.45, 7) is 4.97. The molecule has 94 valence electrons. The number of nitrogens with zero attached hydrogens (tertiary/aromatic N) is 2. The normalized spacial score (nSPS) is 21.5. The zero-order valence-electron chi connectivity index (χ0n) is 10.8. The first-order valence-electron chi connectivity index (χ1n) is 5.82. The van der Waals surface area contributed by atoms with E-state index in [2.05, 4.69) is 19.2 Å². The van der Waals surface area contributed by atoms with Crippen LogP contribution in [0, 0.1) is 5.41 Å². The summed E-state index contributed by atoms with van der Waals surface area (Å²) in [6, 6.07) is 2.01. The van der Waals surface area contributed by atoms with Gasteiger partial charge in [0.1, 0.15) is 0 Å². The van der Waals surface area contributed by atoms with Gasteiger partial charge in [0.15, 0.2) is 0 Å². The minimum absolute atomic E-state index is 0.250. The highest BCUT2D eigenvalue weighted by Gasteiger charge is 2.45. The van der Waals surface area contributed by atoms with Gasteiger partial charge in [0.25, 0.3) is 5.56 Å². The Morgan fingerprint density at radius 1 is 1.35 bits per heavy atom. The molecule has 0 spiro atoms. The molecule has 1 aliphatic rings. The second kappa shape index (κ2) is 3.84. The fraction of sp³-hybridized carbons (Fsp3) is 0.667. The van der Waals surface area contributed by atoms with Crippen molar-refractivity contribution in [2.45, 2.75) is 32.9 Å². The predicted molar refractivity (Wildman–Crippen MR) is 65.9 cm³/mol. The lowest BCUT2D eigenvalue weighted by molar-refractivity contribution is 0.525. The highest BCUT2D eigenvalue weighted by Crippen LogP contribution is 2.44. The average molecular weight is 237 g/mol. The van der Waals surface area contributed by atoms with E-state index in [1.54, 1.807) is 7.05 Å². The van der Waals surface area contributed by atoms with Crippen molar-refractivity contribution >= 4 is 0 Å². The summed E-state index contributed by atoms with van der Waals surface area (Å²) >= 11 is 0. The Hall–Kier alpha value is -1.36. The molecule has 1 saturated carbocycles. The Morgan fingerprint density at radius 3 is 2.47 bits per heavy atom. The van der Waals surface area contributed by atoms with Crippen LogP contribution in [-0.2, 0) is 20.6 Å². The quantitative estimate of drug-likeness (QED) is 0.803. The van der Waals surface area contributed by atoms with E-state index in [4.69, 9.17) is 0 Å². The molecule has 1 atom stereocenters. The Kier molecular flexibility index (Phi) is 2.73. The fourth-order valence-electron chi connectivity index (χ4n) is 1.99. The van der Waals surface area contributed by atoms with Crippen molar-refractivity contribution in [3.63, 3.8) is 0 Å². The van der Waals surface area contributed by atoms with Gasteiger partial charge < -0.3 is 5.32 Å². The van der Waals surface area contributed by atoms with E-state index in [9.17, 15) is 9.59 Å². The second-order valence-corrected chi connectivity index (χ2v) is 5.50. The van der Waals surface area contributed by atoms with Gasteiger partial charge in [-0.15, -0.1) is 0 Å². The van der Waals surface area contributed by atoms with Crippen molar-refractivity contribution in [1.29, 1.82) is 0 Å². The van der Waals surface area contributed by atoms with Gasteiger partial charge in [-0.1, -0.05) is 13.8 Å². The standard InChI is InChI=1S/C12H19N3O2/c1-12(2)6-9(12)13-7-8-5-10(16)15(4)11(17)14(8)3/h5,9,13H,6-7H2,1-4H3. The average Bonchev–Trinajstić information content (AvgIpc) is 2.87. The smallest absolute Gasteiger partial charge is 0.308 e. The number of rotatable bonds is 3. The van der Waals surface area contributed by atoms with Crippen molar-refractivity contribution in [2.75, 3.05) is 0 Å². The Balaban J connectivity index is 2.17. The van der Waals surface area contributed by atoms with Crippen molar-refractivity contribution < 1.29 is 0 Å². The summed E-state index contributed by atoms with van der Waals surface area (Å²) < 4.78 is 2.63. The molecule has 5 heteroatoms. The molecule has 0 bridgehead atoms. The molecule has 0 saturated heterocycles. The molecule has 5 nitrogen and oxygen atoms in total. The molecule has 1 unspecified atom stereocenters. The topological polar surface area (TPSA) is 56.0 Å². The van der Waals surface area contributed by atoms with Gasteiger partial charge in [-0.25, -0.2) is 4.79 Å². The lowest BCUT2D eigenvalue weighted by atomic mass is 10.2. The third-order valence-corrected chi connectivity index (χ3v) is 3.67. The Morgan fingerprint density at radius 2 is 1.94 bits per heavy atom. The van der Waals surface area contributed by atoms with Crippen LogP contribution in [0.15, 0.2) is 15.7 Å².